The quantitative estimate of drug-likeness (QED) is 0.668. The molecule has 1 amide bonds. The molecule has 0 unspecified atom stereocenters. The Morgan fingerprint density at radius 2 is 1.84 bits per heavy atom. The number of nitrogens with zero attached hydrogens (tertiary/aromatic N) is 1. The Morgan fingerprint density at radius 3 is 2.42 bits per heavy atom. The summed E-state index contributed by atoms with van der Waals surface area (Å²) in [5.41, 5.74) is 0. The topological polar surface area (TPSA) is 46.6 Å². The van der Waals surface area contributed by atoms with Gasteiger partial charge in [0.05, 0.1) is 13.5 Å². The monoisotopic (exact) mass is 269 g/mol. The third kappa shape index (κ3) is 5.62. The number of carbonyl (C=O) groups excluding carboxylic acids is 2. The maximum atomic E-state index is 12.5. The van der Waals surface area contributed by atoms with Crippen molar-refractivity contribution < 1.29 is 14.3 Å². The fourth-order valence-electron chi connectivity index (χ4n) is 2.62. The maximum Gasteiger partial charge on any atom is 0.307 e. The molecule has 0 radical (unpaired) electrons. The third-order valence-electron chi connectivity index (χ3n) is 3.86. The summed E-state index contributed by atoms with van der Waals surface area (Å²) in [5.74, 6) is 0.193. The van der Waals surface area contributed by atoms with Crippen LogP contribution in [0.2, 0.25) is 0 Å². The van der Waals surface area contributed by atoms with E-state index in [2.05, 4.69) is 11.7 Å². The summed E-state index contributed by atoms with van der Waals surface area (Å²) in [5, 5.41) is 0. The number of methoxy groups -OCH3 is 1. The molecule has 4 heteroatoms. The Kier molecular flexibility index (Phi) is 7.53. The van der Waals surface area contributed by atoms with Gasteiger partial charge in [0, 0.05) is 19.0 Å². The summed E-state index contributed by atoms with van der Waals surface area (Å²) in [4.78, 5) is 25.6. The van der Waals surface area contributed by atoms with Crippen LogP contribution in [-0.2, 0) is 14.3 Å². The molecule has 110 valence electrons. The lowest BCUT2D eigenvalue weighted by Gasteiger charge is -2.29. The molecule has 1 aliphatic carbocycles. The summed E-state index contributed by atoms with van der Waals surface area (Å²) < 4.78 is 4.65. The van der Waals surface area contributed by atoms with Crippen LogP contribution in [0.1, 0.15) is 58.3 Å². The molecular weight excluding hydrogens is 242 g/mol. The van der Waals surface area contributed by atoms with E-state index < -0.39 is 0 Å². The van der Waals surface area contributed by atoms with Crippen molar-refractivity contribution >= 4 is 11.9 Å². The molecule has 19 heavy (non-hydrogen) atoms. The van der Waals surface area contributed by atoms with Gasteiger partial charge in [-0.05, 0) is 19.3 Å². The van der Waals surface area contributed by atoms with Gasteiger partial charge in [-0.25, -0.2) is 0 Å². The lowest BCUT2D eigenvalue weighted by molar-refractivity contribution is -0.142. The summed E-state index contributed by atoms with van der Waals surface area (Å²) >= 11 is 0. The predicted octanol–water partition coefficient (Wildman–Crippen LogP) is 2.76. The van der Waals surface area contributed by atoms with E-state index in [0.717, 1.165) is 45.1 Å². The number of carbonyl (C=O) groups is 2. The molecule has 4 nitrogen and oxygen atoms in total. The summed E-state index contributed by atoms with van der Waals surface area (Å²) in [6, 6.07) is 0. The molecule has 1 fully saturated rings. The molecule has 0 aliphatic heterocycles. The first-order valence-corrected chi connectivity index (χ1v) is 7.54. The van der Waals surface area contributed by atoms with Crippen molar-refractivity contribution in [1.82, 2.24) is 4.90 Å². The Labute approximate surface area is 116 Å². The Bertz CT molecular complexity index is 285. The van der Waals surface area contributed by atoms with Crippen LogP contribution in [0.4, 0.5) is 0 Å². The van der Waals surface area contributed by atoms with Crippen molar-refractivity contribution in [3.63, 3.8) is 0 Å². The first kappa shape index (κ1) is 16.0. The van der Waals surface area contributed by atoms with E-state index in [4.69, 9.17) is 0 Å². The van der Waals surface area contributed by atoms with E-state index in [1.165, 1.54) is 13.5 Å². The minimum absolute atomic E-state index is 0.184. The minimum atomic E-state index is -0.238. The van der Waals surface area contributed by atoms with Gasteiger partial charge in [0.1, 0.15) is 0 Å². The highest BCUT2D eigenvalue weighted by Gasteiger charge is 2.25. The average Bonchev–Trinajstić information content (AvgIpc) is 2.47. The van der Waals surface area contributed by atoms with Crippen molar-refractivity contribution in [1.29, 1.82) is 0 Å². The number of unbranched alkanes of at least 4 members (excludes halogenated alkanes) is 1. The molecule has 1 saturated carbocycles. The van der Waals surface area contributed by atoms with Crippen LogP contribution in [0.25, 0.3) is 0 Å². The van der Waals surface area contributed by atoms with Crippen LogP contribution < -0.4 is 0 Å². The summed E-state index contributed by atoms with van der Waals surface area (Å²) in [6.45, 7) is 3.38. The Balaban J connectivity index is 2.50. The van der Waals surface area contributed by atoms with Crippen LogP contribution in [0.5, 0.6) is 0 Å². The number of amides is 1. The fourth-order valence-corrected chi connectivity index (χ4v) is 2.62. The number of hydrogen-bond donors (Lipinski definition) is 0. The molecule has 0 heterocycles. The van der Waals surface area contributed by atoms with Crippen LogP contribution >= 0.6 is 0 Å². The largest absolute Gasteiger partial charge is 0.469 e. The van der Waals surface area contributed by atoms with Crippen molar-refractivity contribution in [2.45, 2.75) is 58.3 Å². The highest BCUT2D eigenvalue weighted by molar-refractivity contribution is 5.79. The number of hydrogen-bond acceptors (Lipinski definition) is 3. The zero-order valence-electron chi connectivity index (χ0n) is 12.3. The van der Waals surface area contributed by atoms with E-state index >= 15 is 0 Å². The lowest BCUT2D eigenvalue weighted by Crippen LogP contribution is -2.39. The van der Waals surface area contributed by atoms with E-state index in [9.17, 15) is 9.59 Å². The molecule has 0 bridgehead atoms. The smallest absolute Gasteiger partial charge is 0.307 e. The Morgan fingerprint density at radius 1 is 1.16 bits per heavy atom. The first-order chi connectivity index (χ1) is 9.19. The Hall–Kier alpha value is -1.06. The summed E-state index contributed by atoms with van der Waals surface area (Å²) in [6.07, 6.45) is 7.97. The zero-order chi connectivity index (χ0) is 14.1. The SMILES string of the molecule is CCCCN(CCC(=O)OC)C(=O)C1CCCCC1. The maximum absolute atomic E-state index is 12.5. The van der Waals surface area contributed by atoms with E-state index in [0.29, 0.717) is 13.0 Å². The second-order valence-corrected chi connectivity index (χ2v) is 5.34. The number of esters is 1. The molecule has 0 atom stereocenters. The number of rotatable bonds is 7. The lowest BCUT2D eigenvalue weighted by atomic mass is 9.88. The second kappa shape index (κ2) is 8.94. The van der Waals surface area contributed by atoms with Gasteiger partial charge < -0.3 is 9.64 Å². The molecule has 0 aromatic carbocycles. The molecule has 0 spiro atoms. The van der Waals surface area contributed by atoms with Gasteiger partial charge in [-0.3, -0.25) is 9.59 Å². The van der Waals surface area contributed by atoms with Crippen molar-refractivity contribution in [3.05, 3.63) is 0 Å². The van der Waals surface area contributed by atoms with Gasteiger partial charge in [-0.2, -0.15) is 0 Å². The van der Waals surface area contributed by atoms with Crippen molar-refractivity contribution in [2.24, 2.45) is 5.92 Å². The minimum Gasteiger partial charge on any atom is -0.469 e. The van der Waals surface area contributed by atoms with Gasteiger partial charge in [0.2, 0.25) is 5.91 Å². The van der Waals surface area contributed by atoms with E-state index in [1.807, 2.05) is 4.90 Å². The van der Waals surface area contributed by atoms with E-state index in [1.54, 1.807) is 0 Å². The van der Waals surface area contributed by atoms with Crippen LogP contribution in [-0.4, -0.2) is 37.0 Å². The van der Waals surface area contributed by atoms with Crippen molar-refractivity contribution in [2.75, 3.05) is 20.2 Å². The molecular formula is C15H27NO3. The fraction of sp³-hybridized carbons (Fsp3) is 0.867. The third-order valence-corrected chi connectivity index (χ3v) is 3.86. The highest BCUT2D eigenvalue weighted by Crippen LogP contribution is 2.25. The molecule has 0 aromatic heterocycles. The molecule has 1 rings (SSSR count). The highest BCUT2D eigenvalue weighted by atomic mass is 16.5. The zero-order valence-corrected chi connectivity index (χ0v) is 12.3. The second-order valence-electron chi connectivity index (χ2n) is 5.34. The standard InChI is InChI=1S/C15H27NO3/c1-3-4-11-16(12-10-14(17)19-2)15(18)13-8-6-5-7-9-13/h13H,3-12H2,1-2H3. The average molecular weight is 269 g/mol. The molecule has 0 aromatic rings. The summed E-state index contributed by atoms with van der Waals surface area (Å²) in [7, 11) is 1.39. The van der Waals surface area contributed by atoms with Gasteiger partial charge in [0.25, 0.3) is 0 Å². The van der Waals surface area contributed by atoms with Crippen LogP contribution in [0, 0.1) is 5.92 Å². The normalized spacial score (nSPS) is 16.1. The molecule has 0 saturated heterocycles. The van der Waals surface area contributed by atoms with Crippen LogP contribution in [0.3, 0.4) is 0 Å². The van der Waals surface area contributed by atoms with Gasteiger partial charge in [-0.1, -0.05) is 32.6 Å². The van der Waals surface area contributed by atoms with Gasteiger partial charge >= 0.3 is 5.97 Å². The van der Waals surface area contributed by atoms with Gasteiger partial charge in [0.15, 0.2) is 0 Å². The predicted molar refractivity (Wildman–Crippen MR) is 74.7 cm³/mol. The molecule has 1 aliphatic rings. The first-order valence-electron chi connectivity index (χ1n) is 7.54. The van der Waals surface area contributed by atoms with Crippen LogP contribution in [0.15, 0.2) is 0 Å². The van der Waals surface area contributed by atoms with Crippen molar-refractivity contribution in [3.8, 4) is 0 Å². The van der Waals surface area contributed by atoms with Gasteiger partial charge in [-0.15, -0.1) is 0 Å². The molecule has 0 N–H and O–H groups in total. The van der Waals surface area contributed by atoms with E-state index in [-0.39, 0.29) is 17.8 Å². The number of ether oxygens (including phenoxy) is 1.